The highest BCUT2D eigenvalue weighted by atomic mass is 32.1. The van der Waals surface area contributed by atoms with Crippen LogP contribution in [-0.2, 0) is 18.2 Å². The standard InChI is InChI=1S/C19H18N4O2S/c1-4-15-14(10-20)16(17(23(15)3)19(24)25-5-2)12-6-8-13(9-7-12)18-21-11-26-22-18/h6-9,11H,4-5H2,1-3H3. The zero-order valence-corrected chi connectivity index (χ0v) is 15.6. The Morgan fingerprint density at radius 3 is 2.50 bits per heavy atom. The van der Waals surface area contributed by atoms with Gasteiger partial charge < -0.3 is 9.30 Å². The van der Waals surface area contributed by atoms with Gasteiger partial charge in [0.25, 0.3) is 0 Å². The first-order valence-corrected chi connectivity index (χ1v) is 9.11. The quantitative estimate of drug-likeness (QED) is 0.641. The Morgan fingerprint density at radius 2 is 1.96 bits per heavy atom. The van der Waals surface area contributed by atoms with Gasteiger partial charge in [0.1, 0.15) is 17.3 Å². The average Bonchev–Trinajstić information content (AvgIpc) is 3.27. The second-order valence-electron chi connectivity index (χ2n) is 5.62. The predicted molar refractivity (Wildman–Crippen MR) is 99.8 cm³/mol. The summed E-state index contributed by atoms with van der Waals surface area (Å²) in [6.45, 7) is 4.01. The Kier molecular flexibility index (Phi) is 5.14. The van der Waals surface area contributed by atoms with Crippen molar-refractivity contribution in [2.75, 3.05) is 6.61 Å². The smallest absolute Gasteiger partial charge is 0.355 e. The number of hydrogen-bond acceptors (Lipinski definition) is 6. The van der Waals surface area contributed by atoms with Crippen LogP contribution in [0.25, 0.3) is 22.5 Å². The number of nitrogens with zero attached hydrogens (tertiary/aromatic N) is 4. The monoisotopic (exact) mass is 366 g/mol. The van der Waals surface area contributed by atoms with Crippen LogP contribution in [0.1, 0.15) is 35.6 Å². The van der Waals surface area contributed by atoms with Crippen LogP contribution in [0.4, 0.5) is 0 Å². The maximum Gasteiger partial charge on any atom is 0.355 e. The molecule has 3 aromatic rings. The van der Waals surface area contributed by atoms with Gasteiger partial charge in [0.15, 0.2) is 5.82 Å². The summed E-state index contributed by atoms with van der Waals surface area (Å²) in [6.07, 6.45) is 0.645. The molecule has 0 saturated carbocycles. The molecule has 0 fully saturated rings. The summed E-state index contributed by atoms with van der Waals surface area (Å²) in [7, 11) is 1.79. The maximum absolute atomic E-state index is 12.5. The Balaban J connectivity index is 2.17. The van der Waals surface area contributed by atoms with Gasteiger partial charge in [-0.3, -0.25) is 0 Å². The van der Waals surface area contributed by atoms with Crippen molar-refractivity contribution in [1.82, 2.24) is 13.9 Å². The van der Waals surface area contributed by atoms with Gasteiger partial charge >= 0.3 is 5.97 Å². The third-order valence-corrected chi connectivity index (χ3v) is 4.70. The molecule has 0 atom stereocenters. The second kappa shape index (κ2) is 7.50. The summed E-state index contributed by atoms with van der Waals surface area (Å²) < 4.78 is 11.2. The van der Waals surface area contributed by atoms with Crippen molar-refractivity contribution in [2.24, 2.45) is 7.05 Å². The number of hydrogen-bond donors (Lipinski definition) is 0. The van der Waals surface area contributed by atoms with Gasteiger partial charge in [-0.25, -0.2) is 9.78 Å². The highest BCUT2D eigenvalue weighted by Crippen LogP contribution is 2.34. The lowest BCUT2D eigenvalue weighted by Gasteiger charge is -2.08. The molecule has 0 amide bonds. The topological polar surface area (TPSA) is 80.8 Å². The van der Waals surface area contributed by atoms with Crippen LogP contribution in [-0.4, -0.2) is 26.5 Å². The molecule has 2 aromatic heterocycles. The first-order chi connectivity index (χ1) is 12.6. The molecule has 132 valence electrons. The molecule has 7 heteroatoms. The zero-order valence-electron chi connectivity index (χ0n) is 14.8. The maximum atomic E-state index is 12.5. The molecule has 26 heavy (non-hydrogen) atoms. The van der Waals surface area contributed by atoms with Crippen LogP contribution in [0.15, 0.2) is 29.8 Å². The molecule has 3 rings (SSSR count). The van der Waals surface area contributed by atoms with Crippen molar-refractivity contribution in [3.05, 3.63) is 46.7 Å². The molecule has 0 aliphatic heterocycles. The fourth-order valence-corrected chi connectivity index (χ4v) is 3.52. The first kappa shape index (κ1) is 17.8. The third-order valence-electron chi connectivity index (χ3n) is 4.22. The van der Waals surface area contributed by atoms with Crippen LogP contribution in [0, 0.1) is 11.3 Å². The molecule has 0 aliphatic carbocycles. The van der Waals surface area contributed by atoms with Gasteiger partial charge in [-0.1, -0.05) is 31.2 Å². The second-order valence-corrected chi connectivity index (χ2v) is 6.23. The molecule has 0 aliphatic rings. The fourth-order valence-electron chi connectivity index (χ4n) is 3.07. The van der Waals surface area contributed by atoms with Crippen LogP contribution >= 0.6 is 11.5 Å². The van der Waals surface area contributed by atoms with E-state index in [9.17, 15) is 10.1 Å². The van der Waals surface area contributed by atoms with E-state index in [0.29, 0.717) is 29.1 Å². The van der Waals surface area contributed by atoms with Gasteiger partial charge in [-0.15, -0.1) is 0 Å². The van der Waals surface area contributed by atoms with E-state index in [1.54, 1.807) is 24.0 Å². The zero-order chi connectivity index (χ0) is 18.7. The molecule has 0 radical (unpaired) electrons. The number of benzene rings is 1. The van der Waals surface area contributed by atoms with Gasteiger partial charge in [0.05, 0.1) is 12.2 Å². The minimum atomic E-state index is -0.425. The van der Waals surface area contributed by atoms with Crippen molar-refractivity contribution in [2.45, 2.75) is 20.3 Å². The summed E-state index contributed by atoms with van der Waals surface area (Å²) in [4.78, 5) is 16.7. The van der Waals surface area contributed by atoms with Crippen LogP contribution < -0.4 is 0 Å². The van der Waals surface area contributed by atoms with Crippen molar-refractivity contribution < 1.29 is 9.53 Å². The largest absolute Gasteiger partial charge is 0.461 e. The highest BCUT2D eigenvalue weighted by molar-refractivity contribution is 7.03. The van der Waals surface area contributed by atoms with E-state index < -0.39 is 5.97 Å². The Morgan fingerprint density at radius 1 is 1.27 bits per heavy atom. The summed E-state index contributed by atoms with van der Waals surface area (Å²) in [5.74, 6) is 0.237. The summed E-state index contributed by atoms with van der Waals surface area (Å²) >= 11 is 1.29. The van der Waals surface area contributed by atoms with Crippen LogP contribution in [0.2, 0.25) is 0 Å². The number of nitriles is 1. The molecule has 0 saturated heterocycles. The Bertz CT molecular complexity index is 967. The number of rotatable bonds is 5. The van der Waals surface area contributed by atoms with Gasteiger partial charge in [0.2, 0.25) is 0 Å². The predicted octanol–water partition coefficient (Wildman–Crippen LogP) is 3.82. The molecule has 0 spiro atoms. The summed E-state index contributed by atoms with van der Waals surface area (Å²) in [5, 5.41) is 9.71. The number of esters is 1. The van der Waals surface area contributed by atoms with E-state index in [1.807, 2.05) is 31.2 Å². The Hall–Kier alpha value is -2.98. The molecule has 0 bridgehead atoms. The van der Waals surface area contributed by atoms with E-state index in [-0.39, 0.29) is 6.61 Å². The number of ether oxygens (including phenoxy) is 1. The van der Waals surface area contributed by atoms with E-state index in [4.69, 9.17) is 4.74 Å². The third kappa shape index (κ3) is 3.00. The molecule has 0 unspecified atom stereocenters. The average molecular weight is 366 g/mol. The molecule has 2 heterocycles. The molecule has 1 aromatic carbocycles. The molecular weight excluding hydrogens is 348 g/mol. The van der Waals surface area contributed by atoms with Crippen molar-refractivity contribution >= 4 is 17.5 Å². The molecular formula is C19H18N4O2S. The summed E-state index contributed by atoms with van der Waals surface area (Å²) in [5.41, 5.74) is 5.70. The van der Waals surface area contributed by atoms with E-state index in [0.717, 1.165) is 16.8 Å². The van der Waals surface area contributed by atoms with Crippen LogP contribution in [0.5, 0.6) is 0 Å². The fraction of sp³-hybridized carbons (Fsp3) is 0.263. The van der Waals surface area contributed by atoms with Crippen molar-refractivity contribution in [1.29, 1.82) is 5.26 Å². The van der Waals surface area contributed by atoms with E-state index >= 15 is 0 Å². The number of aromatic nitrogens is 3. The molecule has 6 nitrogen and oxygen atoms in total. The number of carbonyl (C=O) groups excluding carboxylic acids is 1. The number of carbonyl (C=O) groups is 1. The van der Waals surface area contributed by atoms with E-state index in [2.05, 4.69) is 15.4 Å². The molecule has 0 N–H and O–H groups in total. The highest BCUT2D eigenvalue weighted by Gasteiger charge is 2.26. The van der Waals surface area contributed by atoms with Crippen molar-refractivity contribution in [3.63, 3.8) is 0 Å². The van der Waals surface area contributed by atoms with E-state index in [1.165, 1.54) is 11.5 Å². The lowest BCUT2D eigenvalue weighted by molar-refractivity contribution is 0.0516. The minimum absolute atomic E-state index is 0.279. The normalized spacial score (nSPS) is 10.5. The lowest BCUT2D eigenvalue weighted by atomic mass is 9.99. The van der Waals surface area contributed by atoms with Crippen LogP contribution in [0.3, 0.4) is 0 Å². The van der Waals surface area contributed by atoms with Gasteiger partial charge in [0, 0.05) is 23.9 Å². The SMILES string of the molecule is CCOC(=O)c1c(-c2ccc(-c3ncsn3)cc2)c(C#N)c(CC)n1C. The summed E-state index contributed by atoms with van der Waals surface area (Å²) in [6, 6.07) is 9.82. The first-order valence-electron chi connectivity index (χ1n) is 8.28. The minimum Gasteiger partial charge on any atom is -0.461 e. The van der Waals surface area contributed by atoms with Gasteiger partial charge in [-0.2, -0.15) is 9.64 Å². The van der Waals surface area contributed by atoms with Gasteiger partial charge in [-0.05, 0) is 30.4 Å². The Labute approximate surface area is 155 Å². The van der Waals surface area contributed by atoms with Crippen molar-refractivity contribution in [3.8, 4) is 28.6 Å². The lowest BCUT2D eigenvalue weighted by Crippen LogP contribution is -2.12.